The number of esters is 1. The monoisotopic (exact) mass is 314 g/mol. The van der Waals surface area contributed by atoms with Crippen molar-refractivity contribution in [3.8, 4) is 0 Å². The van der Waals surface area contributed by atoms with Crippen LogP contribution >= 0.6 is 0 Å². The van der Waals surface area contributed by atoms with Gasteiger partial charge in [0.2, 0.25) is 0 Å². The van der Waals surface area contributed by atoms with Crippen LogP contribution in [0.3, 0.4) is 0 Å². The molecule has 0 aliphatic rings. The molecule has 116 valence electrons. The van der Waals surface area contributed by atoms with Gasteiger partial charge in [-0.3, -0.25) is 14.3 Å². The van der Waals surface area contributed by atoms with Crippen LogP contribution in [0, 0.1) is 10.1 Å². The minimum absolute atomic E-state index is 0.0136. The lowest BCUT2D eigenvalue weighted by Crippen LogP contribution is -2.15. The number of nitrogens with zero attached hydrogens (tertiary/aromatic N) is 1. The minimum Gasteiger partial charge on any atom is -0.465 e. The van der Waals surface area contributed by atoms with E-state index in [0.717, 1.165) is 0 Å². The van der Waals surface area contributed by atoms with Gasteiger partial charge in [-0.25, -0.2) is 4.79 Å². The van der Waals surface area contributed by atoms with Gasteiger partial charge in [0.05, 0.1) is 17.6 Å². The van der Waals surface area contributed by atoms with E-state index >= 15 is 0 Å². The van der Waals surface area contributed by atoms with Crippen molar-refractivity contribution in [1.29, 1.82) is 0 Å². The zero-order valence-corrected chi connectivity index (χ0v) is 12.9. The summed E-state index contributed by atoms with van der Waals surface area (Å²) in [6.45, 7) is 2.27. The number of carbonyl (C=O) groups is 1. The number of carbonyl (C=O) groups excluding carboxylic acids is 1. The van der Waals surface area contributed by atoms with Crippen LogP contribution in [0.2, 0.25) is 0 Å². The predicted octanol–water partition coefficient (Wildman–Crippen LogP) is 1.95. The molecule has 8 heteroatoms. The molecule has 0 bridgehead atoms. The van der Waals surface area contributed by atoms with E-state index in [1.54, 1.807) is 6.26 Å². The first kappa shape index (κ1) is 17.1. The summed E-state index contributed by atoms with van der Waals surface area (Å²) in [5, 5.41) is 13.9. The third-order valence-corrected chi connectivity index (χ3v) is 4.42. The topological polar surface area (TPSA) is 98.5 Å². The average Bonchev–Trinajstić information content (AvgIpc) is 2.45. The normalized spacial score (nSPS) is 13.3. The zero-order valence-electron chi connectivity index (χ0n) is 12.1. The number of nitro groups is 1. The first-order chi connectivity index (χ1) is 9.86. The number of nitro benzene ring substituents is 1. The van der Waals surface area contributed by atoms with E-state index in [-0.39, 0.29) is 22.2 Å². The second kappa shape index (κ2) is 7.72. The molecule has 0 heterocycles. The molecule has 0 saturated carbocycles. The summed E-state index contributed by atoms with van der Waals surface area (Å²) in [7, 11) is 0.302. The molecule has 7 nitrogen and oxygen atoms in total. The molecule has 2 atom stereocenters. The van der Waals surface area contributed by atoms with Gasteiger partial charge in [0.25, 0.3) is 5.69 Å². The molecule has 0 saturated heterocycles. The van der Waals surface area contributed by atoms with Crippen molar-refractivity contribution >= 4 is 28.1 Å². The Labute approximate surface area is 125 Å². The van der Waals surface area contributed by atoms with Crippen molar-refractivity contribution < 1.29 is 18.7 Å². The molecule has 0 fully saturated rings. The Morgan fingerprint density at radius 3 is 2.71 bits per heavy atom. The van der Waals surface area contributed by atoms with Crippen LogP contribution in [0.25, 0.3) is 0 Å². The van der Waals surface area contributed by atoms with Gasteiger partial charge in [-0.2, -0.15) is 0 Å². The van der Waals surface area contributed by atoms with Crippen molar-refractivity contribution in [2.45, 2.75) is 18.6 Å². The highest BCUT2D eigenvalue weighted by atomic mass is 32.2. The van der Waals surface area contributed by atoms with E-state index in [9.17, 15) is 19.1 Å². The van der Waals surface area contributed by atoms with Crippen LogP contribution in [0.4, 0.5) is 11.4 Å². The number of benzene rings is 1. The van der Waals surface area contributed by atoms with Crippen LogP contribution in [-0.4, -0.2) is 40.3 Å². The van der Waals surface area contributed by atoms with Crippen LogP contribution in [0.5, 0.6) is 0 Å². The molecular formula is C13H18N2O5S. The highest BCUT2D eigenvalue weighted by Crippen LogP contribution is 2.26. The summed E-state index contributed by atoms with van der Waals surface area (Å²) in [5.74, 6) is -0.559. The molecule has 1 aromatic rings. The van der Waals surface area contributed by atoms with E-state index < -0.39 is 21.7 Å². The number of methoxy groups -OCH3 is 1. The van der Waals surface area contributed by atoms with Crippen molar-refractivity contribution in [3.05, 3.63) is 33.9 Å². The molecule has 0 aromatic heterocycles. The van der Waals surface area contributed by atoms with E-state index in [4.69, 9.17) is 0 Å². The molecule has 21 heavy (non-hydrogen) atoms. The second-order valence-corrected chi connectivity index (χ2v) is 6.31. The van der Waals surface area contributed by atoms with Gasteiger partial charge in [0.1, 0.15) is 5.69 Å². The number of hydrogen-bond donors (Lipinski definition) is 1. The summed E-state index contributed by atoms with van der Waals surface area (Å²) in [4.78, 5) is 21.9. The lowest BCUT2D eigenvalue weighted by atomic mass is 10.1. The van der Waals surface area contributed by atoms with E-state index in [0.29, 0.717) is 13.0 Å². The van der Waals surface area contributed by atoms with Gasteiger partial charge in [0.15, 0.2) is 0 Å². The predicted molar refractivity (Wildman–Crippen MR) is 81.1 cm³/mol. The molecule has 0 radical (unpaired) electrons. The number of anilines is 1. The Bertz CT molecular complexity index is 561. The Hall–Kier alpha value is -1.96. The summed E-state index contributed by atoms with van der Waals surface area (Å²) in [6, 6.07) is 3.99. The largest absolute Gasteiger partial charge is 0.465 e. The molecular weight excluding hydrogens is 296 g/mol. The van der Waals surface area contributed by atoms with Crippen LogP contribution in [0.1, 0.15) is 23.7 Å². The third-order valence-electron chi connectivity index (χ3n) is 3.05. The minimum atomic E-state index is -0.943. The van der Waals surface area contributed by atoms with Crippen molar-refractivity contribution in [3.63, 3.8) is 0 Å². The van der Waals surface area contributed by atoms with Crippen LogP contribution in [0.15, 0.2) is 18.2 Å². The van der Waals surface area contributed by atoms with E-state index in [1.807, 2.05) is 6.92 Å². The number of rotatable bonds is 7. The summed E-state index contributed by atoms with van der Waals surface area (Å²) >= 11 is 0. The Morgan fingerprint density at radius 2 is 2.19 bits per heavy atom. The molecule has 2 unspecified atom stereocenters. The van der Waals surface area contributed by atoms with E-state index in [2.05, 4.69) is 10.1 Å². The fourth-order valence-electron chi connectivity index (χ4n) is 1.66. The molecule has 1 aromatic carbocycles. The number of ether oxygens (including phenoxy) is 1. The fraction of sp³-hybridized carbons (Fsp3) is 0.462. The van der Waals surface area contributed by atoms with Crippen molar-refractivity contribution in [2.75, 3.05) is 25.2 Å². The van der Waals surface area contributed by atoms with Crippen molar-refractivity contribution in [2.24, 2.45) is 0 Å². The Morgan fingerprint density at radius 1 is 1.52 bits per heavy atom. The Kier molecular flexibility index (Phi) is 6.29. The van der Waals surface area contributed by atoms with Crippen LogP contribution < -0.4 is 5.32 Å². The summed E-state index contributed by atoms with van der Waals surface area (Å²) in [6.07, 6.45) is 2.22. The molecule has 0 amide bonds. The number of nitrogens with one attached hydrogen (secondary N) is 1. The quantitative estimate of drug-likeness (QED) is 0.469. The maximum absolute atomic E-state index is 11.5. The highest BCUT2D eigenvalue weighted by molar-refractivity contribution is 7.84. The first-order valence-corrected chi connectivity index (χ1v) is 7.91. The maximum atomic E-state index is 11.5. The lowest BCUT2D eigenvalue weighted by Gasteiger charge is -2.11. The summed E-state index contributed by atoms with van der Waals surface area (Å²) in [5.41, 5.74) is 0.364. The van der Waals surface area contributed by atoms with Gasteiger partial charge in [0, 0.05) is 34.9 Å². The molecule has 0 spiro atoms. The van der Waals surface area contributed by atoms with Crippen molar-refractivity contribution in [1.82, 2.24) is 0 Å². The molecule has 1 rings (SSSR count). The lowest BCUT2D eigenvalue weighted by molar-refractivity contribution is -0.384. The summed E-state index contributed by atoms with van der Waals surface area (Å²) < 4.78 is 15.8. The number of hydrogen-bond acceptors (Lipinski definition) is 6. The SMILES string of the molecule is COC(=O)c1ccc([N+](=O)[O-])c(NCCC(C)S(C)=O)c1. The Balaban J connectivity index is 2.88. The van der Waals surface area contributed by atoms with E-state index in [1.165, 1.54) is 25.3 Å². The molecule has 0 aliphatic carbocycles. The second-order valence-electron chi connectivity index (χ2n) is 4.51. The van der Waals surface area contributed by atoms with Gasteiger partial charge < -0.3 is 10.1 Å². The van der Waals surface area contributed by atoms with Gasteiger partial charge in [-0.05, 0) is 18.6 Å². The van der Waals surface area contributed by atoms with Crippen LogP contribution in [-0.2, 0) is 15.5 Å². The standard InChI is InChI=1S/C13H18N2O5S/c1-9(21(3)19)6-7-14-11-8-10(13(16)20-2)4-5-12(11)15(17)18/h4-5,8-9,14H,6-7H2,1-3H3. The third kappa shape index (κ3) is 4.82. The fourth-order valence-corrected chi connectivity index (χ4v) is 2.11. The maximum Gasteiger partial charge on any atom is 0.337 e. The molecule has 0 aliphatic heterocycles. The molecule has 1 N–H and O–H groups in total. The highest BCUT2D eigenvalue weighted by Gasteiger charge is 2.17. The van der Waals surface area contributed by atoms with Gasteiger partial charge >= 0.3 is 5.97 Å². The zero-order chi connectivity index (χ0) is 16.0. The van der Waals surface area contributed by atoms with Gasteiger partial charge in [-0.15, -0.1) is 0 Å². The average molecular weight is 314 g/mol. The van der Waals surface area contributed by atoms with Gasteiger partial charge in [-0.1, -0.05) is 6.92 Å². The first-order valence-electron chi connectivity index (χ1n) is 6.29. The smallest absolute Gasteiger partial charge is 0.337 e.